The second kappa shape index (κ2) is 5.17. The molecule has 1 N–H and O–H groups in total. The molecule has 3 saturated heterocycles. The van der Waals surface area contributed by atoms with E-state index >= 15 is 0 Å². The fraction of sp³-hybridized carbons (Fsp3) is 1.00. The van der Waals surface area contributed by atoms with E-state index in [1.54, 1.807) is 0 Å². The molecule has 0 aromatic rings. The van der Waals surface area contributed by atoms with E-state index in [1.807, 2.05) is 0 Å². The Balaban J connectivity index is 1.68. The molecule has 126 valence electrons. The van der Waals surface area contributed by atoms with Crippen molar-refractivity contribution in [1.82, 2.24) is 0 Å². The normalized spacial score (nSPS) is 56.7. The SMILES string of the molecule is C[C@H]1[C@@H](CCCO)OC2O[C@]3(C)CC[C@H]4[C@H](C)CC[C@@H]1[C@@]24O3. The average Bonchev–Trinajstić information content (AvgIpc) is 2.70. The standard InChI is InChI=1S/C18H30O4/c1-11-6-7-14-12(2)15(5-4-10-19)20-16-18(14)13(11)8-9-17(3,21-16)22-18/h11-16,19H,4-10H2,1-3H3/t11-,12-,13+,14+,15-,16?,17+,18-/m1/s1. The highest BCUT2D eigenvalue weighted by atomic mass is 16.8. The summed E-state index contributed by atoms with van der Waals surface area (Å²) >= 11 is 0. The van der Waals surface area contributed by atoms with Crippen LogP contribution >= 0.6 is 0 Å². The summed E-state index contributed by atoms with van der Waals surface area (Å²) in [6, 6.07) is 0. The van der Waals surface area contributed by atoms with E-state index in [0.29, 0.717) is 23.7 Å². The third-order valence-corrected chi connectivity index (χ3v) is 6.97. The van der Waals surface area contributed by atoms with Gasteiger partial charge in [-0.05, 0) is 62.7 Å². The van der Waals surface area contributed by atoms with Gasteiger partial charge >= 0.3 is 0 Å². The second-order valence-electron chi connectivity index (χ2n) is 8.24. The lowest BCUT2D eigenvalue weighted by Crippen LogP contribution is -2.66. The van der Waals surface area contributed by atoms with Crippen molar-refractivity contribution in [3.8, 4) is 0 Å². The Kier molecular flexibility index (Phi) is 3.61. The van der Waals surface area contributed by atoms with Crippen molar-refractivity contribution in [2.24, 2.45) is 23.7 Å². The highest BCUT2D eigenvalue weighted by molar-refractivity contribution is 5.13. The van der Waals surface area contributed by atoms with Gasteiger partial charge in [0, 0.05) is 13.0 Å². The van der Waals surface area contributed by atoms with Crippen LogP contribution in [0.1, 0.15) is 59.3 Å². The Labute approximate surface area is 133 Å². The Hall–Kier alpha value is -0.160. The van der Waals surface area contributed by atoms with Crippen LogP contribution in [0.4, 0.5) is 0 Å². The third-order valence-electron chi connectivity index (χ3n) is 6.97. The number of aliphatic hydroxyl groups excluding tert-OH is 1. The predicted molar refractivity (Wildman–Crippen MR) is 82.1 cm³/mol. The van der Waals surface area contributed by atoms with Crippen LogP contribution < -0.4 is 0 Å². The quantitative estimate of drug-likeness (QED) is 0.870. The van der Waals surface area contributed by atoms with E-state index in [1.165, 1.54) is 19.3 Å². The summed E-state index contributed by atoms with van der Waals surface area (Å²) in [6.07, 6.45) is 6.38. The summed E-state index contributed by atoms with van der Waals surface area (Å²) < 4.78 is 19.4. The van der Waals surface area contributed by atoms with Crippen LogP contribution in [0, 0.1) is 23.7 Å². The largest absolute Gasteiger partial charge is 0.396 e. The minimum atomic E-state index is -0.456. The van der Waals surface area contributed by atoms with Gasteiger partial charge in [-0.25, -0.2) is 0 Å². The summed E-state index contributed by atoms with van der Waals surface area (Å²) in [5.41, 5.74) is -0.222. The average molecular weight is 310 g/mol. The lowest BCUT2D eigenvalue weighted by Gasteiger charge is -2.58. The Morgan fingerprint density at radius 1 is 1.14 bits per heavy atom. The van der Waals surface area contributed by atoms with Crippen LogP contribution in [0.5, 0.6) is 0 Å². The molecule has 0 radical (unpaired) electrons. The van der Waals surface area contributed by atoms with E-state index < -0.39 is 5.79 Å². The molecule has 0 aromatic heterocycles. The van der Waals surface area contributed by atoms with Gasteiger partial charge in [0.05, 0.1) is 6.10 Å². The predicted octanol–water partition coefficient (Wildman–Crippen LogP) is 3.08. The van der Waals surface area contributed by atoms with Gasteiger partial charge < -0.3 is 19.3 Å². The van der Waals surface area contributed by atoms with E-state index in [4.69, 9.17) is 19.3 Å². The van der Waals surface area contributed by atoms with Crippen molar-refractivity contribution >= 4 is 0 Å². The van der Waals surface area contributed by atoms with Gasteiger partial charge in [0.2, 0.25) is 0 Å². The van der Waals surface area contributed by atoms with Crippen molar-refractivity contribution in [2.45, 2.75) is 83.1 Å². The topological polar surface area (TPSA) is 47.9 Å². The maximum Gasteiger partial charge on any atom is 0.190 e. The lowest BCUT2D eigenvalue weighted by atomic mass is 9.56. The molecule has 4 fully saturated rings. The number of fused-ring (bicyclic) bond motifs is 1. The lowest BCUT2D eigenvalue weighted by molar-refractivity contribution is -0.289. The first kappa shape index (κ1) is 15.4. The monoisotopic (exact) mass is 310 g/mol. The first-order valence-corrected chi connectivity index (χ1v) is 9.14. The zero-order valence-electron chi connectivity index (χ0n) is 14.1. The van der Waals surface area contributed by atoms with Crippen molar-refractivity contribution in [2.75, 3.05) is 6.61 Å². The highest BCUT2D eigenvalue weighted by Gasteiger charge is 2.71. The summed E-state index contributed by atoms with van der Waals surface area (Å²) in [5.74, 6) is 1.80. The van der Waals surface area contributed by atoms with Gasteiger partial charge in [-0.15, -0.1) is 0 Å². The highest BCUT2D eigenvalue weighted by Crippen LogP contribution is 2.63. The first-order valence-electron chi connectivity index (χ1n) is 9.14. The fourth-order valence-corrected chi connectivity index (χ4v) is 5.87. The van der Waals surface area contributed by atoms with Crippen LogP contribution in [0.3, 0.4) is 0 Å². The molecular weight excluding hydrogens is 280 g/mol. The molecule has 4 heteroatoms. The van der Waals surface area contributed by atoms with Crippen molar-refractivity contribution < 1.29 is 19.3 Å². The molecule has 4 rings (SSSR count). The van der Waals surface area contributed by atoms with Gasteiger partial charge in [-0.1, -0.05) is 13.8 Å². The van der Waals surface area contributed by atoms with E-state index in [-0.39, 0.29) is 24.6 Å². The number of hydrogen-bond acceptors (Lipinski definition) is 4. The number of hydrogen-bond donors (Lipinski definition) is 1. The van der Waals surface area contributed by atoms with Gasteiger partial charge in [0.25, 0.3) is 0 Å². The molecule has 2 bridgehead atoms. The summed E-state index contributed by atoms with van der Waals surface area (Å²) in [5, 5.41) is 9.16. The van der Waals surface area contributed by atoms with E-state index in [9.17, 15) is 0 Å². The first-order chi connectivity index (χ1) is 10.5. The van der Waals surface area contributed by atoms with E-state index in [2.05, 4.69) is 20.8 Å². The van der Waals surface area contributed by atoms with Crippen molar-refractivity contribution in [3.63, 3.8) is 0 Å². The second-order valence-corrected chi connectivity index (χ2v) is 8.24. The molecule has 0 aromatic carbocycles. The minimum Gasteiger partial charge on any atom is -0.396 e. The van der Waals surface area contributed by atoms with Crippen LogP contribution in [-0.4, -0.2) is 35.5 Å². The maximum atomic E-state index is 9.16. The van der Waals surface area contributed by atoms with Crippen LogP contribution in [0.15, 0.2) is 0 Å². The Morgan fingerprint density at radius 3 is 2.73 bits per heavy atom. The molecule has 1 aliphatic carbocycles. The molecule has 0 amide bonds. The maximum absolute atomic E-state index is 9.16. The molecule has 1 unspecified atom stereocenters. The van der Waals surface area contributed by atoms with Gasteiger partial charge in [0.15, 0.2) is 12.1 Å². The van der Waals surface area contributed by atoms with Gasteiger partial charge in [-0.3, -0.25) is 0 Å². The summed E-state index contributed by atoms with van der Waals surface area (Å²) in [6.45, 7) is 7.02. The van der Waals surface area contributed by atoms with Crippen molar-refractivity contribution in [3.05, 3.63) is 0 Å². The Morgan fingerprint density at radius 2 is 1.95 bits per heavy atom. The molecule has 8 atom stereocenters. The van der Waals surface area contributed by atoms with Gasteiger partial charge in [0.1, 0.15) is 5.60 Å². The molecule has 3 aliphatic heterocycles. The van der Waals surface area contributed by atoms with Crippen molar-refractivity contribution in [1.29, 1.82) is 0 Å². The molecule has 4 nitrogen and oxygen atoms in total. The molecule has 1 saturated carbocycles. The van der Waals surface area contributed by atoms with E-state index in [0.717, 1.165) is 19.3 Å². The molecule has 22 heavy (non-hydrogen) atoms. The smallest absolute Gasteiger partial charge is 0.190 e. The fourth-order valence-electron chi connectivity index (χ4n) is 5.87. The van der Waals surface area contributed by atoms with Crippen LogP contribution in [0.25, 0.3) is 0 Å². The third kappa shape index (κ3) is 1.97. The zero-order chi connectivity index (χ0) is 15.5. The minimum absolute atomic E-state index is 0.188. The Bertz CT molecular complexity index is 441. The molecule has 1 spiro atoms. The zero-order valence-corrected chi connectivity index (χ0v) is 14.1. The molecule has 3 heterocycles. The molecular formula is C18H30O4. The van der Waals surface area contributed by atoms with Gasteiger partial charge in [-0.2, -0.15) is 0 Å². The van der Waals surface area contributed by atoms with Crippen LogP contribution in [0.2, 0.25) is 0 Å². The number of ether oxygens (including phenoxy) is 3. The molecule has 4 aliphatic rings. The van der Waals surface area contributed by atoms with Crippen LogP contribution in [-0.2, 0) is 14.2 Å². The number of aliphatic hydroxyl groups is 1. The summed E-state index contributed by atoms with van der Waals surface area (Å²) in [7, 11) is 0. The number of rotatable bonds is 3. The summed E-state index contributed by atoms with van der Waals surface area (Å²) in [4.78, 5) is 0.